The number of hydrogen-bond donors (Lipinski definition) is 1. The summed E-state index contributed by atoms with van der Waals surface area (Å²) in [5, 5.41) is 10.7. The van der Waals surface area contributed by atoms with Crippen molar-refractivity contribution in [3.8, 4) is 0 Å². The molecular weight excluding hydrogens is 340 g/mol. The molecule has 1 heteroatoms. The first-order chi connectivity index (χ1) is 13.0. The second-order valence-corrected chi connectivity index (χ2v) is 13.7. The normalized spacial score (nSPS) is 60.3. The minimum Gasteiger partial charge on any atom is -0.393 e. The Kier molecular flexibility index (Phi) is 4.12. The number of aliphatic hydroxyl groups is 1. The summed E-state index contributed by atoms with van der Waals surface area (Å²) in [6, 6.07) is 0. The molecule has 1 nitrogen and oxygen atoms in total. The second kappa shape index (κ2) is 5.80. The summed E-state index contributed by atoms with van der Waals surface area (Å²) in [5.41, 5.74) is 2.45. The summed E-state index contributed by atoms with van der Waals surface area (Å²) in [6.45, 7) is 15.9. The maximum Gasteiger partial charge on any atom is 0.0573 e. The molecule has 5 aliphatic rings. The molecular formula is C27H46O. The van der Waals surface area contributed by atoms with Crippen LogP contribution in [-0.4, -0.2) is 11.2 Å². The molecule has 3 unspecified atom stereocenters. The lowest BCUT2D eigenvalue weighted by atomic mass is 9.32. The fourth-order valence-corrected chi connectivity index (χ4v) is 11.2. The Morgan fingerprint density at radius 1 is 0.571 bits per heavy atom. The summed E-state index contributed by atoms with van der Waals surface area (Å²) < 4.78 is 0. The van der Waals surface area contributed by atoms with Crippen LogP contribution < -0.4 is 0 Å². The highest BCUT2D eigenvalue weighted by molar-refractivity contribution is 5.18. The Balaban J connectivity index is 1.55. The average molecular weight is 387 g/mol. The molecule has 9 atom stereocenters. The molecule has 28 heavy (non-hydrogen) atoms. The predicted molar refractivity (Wildman–Crippen MR) is 117 cm³/mol. The van der Waals surface area contributed by atoms with Crippen LogP contribution in [0.25, 0.3) is 0 Å². The van der Waals surface area contributed by atoms with E-state index in [9.17, 15) is 5.11 Å². The van der Waals surface area contributed by atoms with Gasteiger partial charge >= 0.3 is 0 Å². The molecule has 5 aliphatic carbocycles. The number of rotatable bonds is 0. The fraction of sp³-hybridized carbons (Fsp3) is 1.00. The van der Waals surface area contributed by atoms with Crippen molar-refractivity contribution in [3.63, 3.8) is 0 Å². The Labute approximate surface area is 174 Å². The highest BCUT2D eigenvalue weighted by atomic mass is 16.3. The van der Waals surface area contributed by atoms with Crippen LogP contribution in [0.3, 0.4) is 0 Å². The molecule has 1 N–H and O–H groups in total. The minimum atomic E-state index is -0.0209. The van der Waals surface area contributed by atoms with E-state index in [1.807, 2.05) is 0 Å². The van der Waals surface area contributed by atoms with Crippen LogP contribution in [0.1, 0.15) is 112 Å². The maximum atomic E-state index is 10.7. The van der Waals surface area contributed by atoms with Crippen LogP contribution in [0.4, 0.5) is 0 Å². The van der Waals surface area contributed by atoms with E-state index in [0.29, 0.717) is 33.0 Å². The van der Waals surface area contributed by atoms with Crippen LogP contribution >= 0.6 is 0 Å². The molecule has 0 aromatic rings. The second-order valence-electron chi connectivity index (χ2n) is 13.7. The molecule has 0 aliphatic heterocycles. The number of hydrogen-bond acceptors (Lipinski definition) is 1. The van der Waals surface area contributed by atoms with Gasteiger partial charge in [-0.15, -0.1) is 0 Å². The molecule has 0 radical (unpaired) electrons. The van der Waals surface area contributed by atoms with E-state index in [2.05, 4.69) is 41.5 Å². The van der Waals surface area contributed by atoms with Crippen LogP contribution in [0, 0.1) is 50.7 Å². The lowest BCUT2D eigenvalue weighted by Crippen LogP contribution is -2.65. The Morgan fingerprint density at radius 2 is 1.18 bits per heavy atom. The van der Waals surface area contributed by atoms with Gasteiger partial charge in [0, 0.05) is 0 Å². The summed E-state index contributed by atoms with van der Waals surface area (Å²) in [7, 11) is 0. The van der Waals surface area contributed by atoms with Gasteiger partial charge in [-0.2, -0.15) is 0 Å². The Morgan fingerprint density at radius 3 is 1.86 bits per heavy atom. The Bertz CT molecular complexity index is 653. The van der Waals surface area contributed by atoms with Gasteiger partial charge in [-0.05, 0) is 115 Å². The maximum absolute atomic E-state index is 10.7. The molecule has 0 bridgehead atoms. The highest BCUT2D eigenvalue weighted by Crippen LogP contribution is 2.77. The van der Waals surface area contributed by atoms with Gasteiger partial charge in [0.05, 0.1) is 6.10 Å². The van der Waals surface area contributed by atoms with E-state index in [1.54, 1.807) is 0 Å². The monoisotopic (exact) mass is 386 g/mol. The van der Waals surface area contributed by atoms with Crippen LogP contribution in [0.15, 0.2) is 0 Å². The first kappa shape index (κ1) is 19.9. The largest absolute Gasteiger partial charge is 0.393 e. The lowest BCUT2D eigenvalue weighted by molar-refractivity contribution is -0.242. The Hall–Kier alpha value is -0.0400. The minimum absolute atomic E-state index is 0.0209. The van der Waals surface area contributed by atoms with Crippen LogP contribution in [0.2, 0.25) is 0 Å². The standard InChI is InChI=1S/C27H46O/c1-23(2)13-7-14-25(4)20(23)12-17-27(6)22(25)9-8-21-24(3)15-11-19(28)18(24)10-16-26(21,27)5/h18-22,28H,7-17H2,1-6H3/t18-,19-,20?,21?,22?,24-,25-,26+,27+/m0/s1. The molecule has 0 saturated heterocycles. The first-order valence-electron chi connectivity index (χ1n) is 12.7. The summed E-state index contributed by atoms with van der Waals surface area (Å²) in [5.74, 6) is 3.23. The highest BCUT2D eigenvalue weighted by Gasteiger charge is 2.70. The van der Waals surface area contributed by atoms with E-state index in [-0.39, 0.29) is 6.10 Å². The van der Waals surface area contributed by atoms with E-state index in [4.69, 9.17) is 0 Å². The summed E-state index contributed by atoms with van der Waals surface area (Å²) >= 11 is 0. The van der Waals surface area contributed by atoms with E-state index < -0.39 is 0 Å². The van der Waals surface area contributed by atoms with Crippen LogP contribution in [-0.2, 0) is 0 Å². The zero-order chi connectivity index (χ0) is 20.2. The summed E-state index contributed by atoms with van der Waals surface area (Å²) in [4.78, 5) is 0. The van der Waals surface area contributed by atoms with Crippen molar-refractivity contribution in [2.75, 3.05) is 0 Å². The molecule has 0 amide bonds. The van der Waals surface area contributed by atoms with Crippen molar-refractivity contribution in [1.29, 1.82) is 0 Å². The molecule has 0 aromatic carbocycles. The van der Waals surface area contributed by atoms with Crippen molar-refractivity contribution in [2.45, 2.75) is 118 Å². The van der Waals surface area contributed by atoms with Gasteiger partial charge in [-0.3, -0.25) is 0 Å². The molecule has 5 saturated carbocycles. The molecule has 0 aromatic heterocycles. The zero-order valence-corrected chi connectivity index (χ0v) is 19.6. The fourth-order valence-electron chi connectivity index (χ4n) is 11.2. The zero-order valence-electron chi connectivity index (χ0n) is 19.6. The van der Waals surface area contributed by atoms with Crippen LogP contribution in [0.5, 0.6) is 0 Å². The van der Waals surface area contributed by atoms with Gasteiger partial charge in [0.1, 0.15) is 0 Å². The molecule has 5 rings (SSSR count). The van der Waals surface area contributed by atoms with Crippen molar-refractivity contribution in [1.82, 2.24) is 0 Å². The van der Waals surface area contributed by atoms with Gasteiger partial charge in [0.2, 0.25) is 0 Å². The third-order valence-corrected chi connectivity index (χ3v) is 12.7. The summed E-state index contributed by atoms with van der Waals surface area (Å²) in [6.07, 6.45) is 15.1. The van der Waals surface area contributed by atoms with E-state index >= 15 is 0 Å². The van der Waals surface area contributed by atoms with Gasteiger partial charge < -0.3 is 5.11 Å². The third-order valence-electron chi connectivity index (χ3n) is 12.7. The quantitative estimate of drug-likeness (QED) is 0.466. The smallest absolute Gasteiger partial charge is 0.0573 e. The number of aliphatic hydroxyl groups excluding tert-OH is 1. The third kappa shape index (κ3) is 2.19. The van der Waals surface area contributed by atoms with E-state index in [0.717, 1.165) is 24.2 Å². The predicted octanol–water partition coefficient (Wildman–Crippen LogP) is 7.22. The van der Waals surface area contributed by atoms with Crippen molar-refractivity contribution >= 4 is 0 Å². The molecule has 160 valence electrons. The average Bonchev–Trinajstić information content (AvgIpc) is 2.90. The van der Waals surface area contributed by atoms with E-state index in [1.165, 1.54) is 64.2 Å². The molecule has 0 heterocycles. The first-order valence-corrected chi connectivity index (χ1v) is 12.7. The molecule has 0 spiro atoms. The number of fused-ring (bicyclic) bond motifs is 7. The topological polar surface area (TPSA) is 20.2 Å². The van der Waals surface area contributed by atoms with Gasteiger partial charge in [-0.1, -0.05) is 48.0 Å². The van der Waals surface area contributed by atoms with Crippen molar-refractivity contribution in [2.24, 2.45) is 50.7 Å². The van der Waals surface area contributed by atoms with Gasteiger partial charge in [0.25, 0.3) is 0 Å². The van der Waals surface area contributed by atoms with Crippen molar-refractivity contribution in [3.05, 3.63) is 0 Å². The molecule has 5 fully saturated rings. The van der Waals surface area contributed by atoms with Crippen molar-refractivity contribution < 1.29 is 5.11 Å². The van der Waals surface area contributed by atoms with Gasteiger partial charge in [0.15, 0.2) is 0 Å². The van der Waals surface area contributed by atoms with Gasteiger partial charge in [-0.25, -0.2) is 0 Å². The lowest BCUT2D eigenvalue weighted by Gasteiger charge is -2.73. The SMILES string of the molecule is CC1(C)CCC[C@@]2(C)C1CC[C@]1(C)C2CCC2[C@@]3(C)CC[C@H](O)[C@@H]3CC[C@]21C.